The number of nitrogens with zero attached hydrogens (tertiary/aromatic N) is 8. The van der Waals surface area contributed by atoms with Crippen molar-refractivity contribution >= 4 is 81.1 Å². The van der Waals surface area contributed by atoms with Crippen LogP contribution >= 0.6 is 23.5 Å². The summed E-state index contributed by atoms with van der Waals surface area (Å²) in [4.78, 5) is 92.7. The van der Waals surface area contributed by atoms with Gasteiger partial charge in [-0.1, -0.05) is 23.9 Å². The van der Waals surface area contributed by atoms with E-state index < -0.39 is 82.0 Å². The maximum Gasteiger partial charge on any atom is 0.411 e. The van der Waals surface area contributed by atoms with E-state index in [-0.39, 0.29) is 41.5 Å². The molecule has 2 aromatic rings. The number of urea groups is 2. The van der Waals surface area contributed by atoms with E-state index in [1.54, 1.807) is 4.68 Å². The van der Waals surface area contributed by atoms with Crippen LogP contribution in [0.5, 0.6) is 0 Å². The molecule has 7 N–H and O–H groups in total. The van der Waals surface area contributed by atoms with Crippen LogP contribution in [0.1, 0.15) is 11.6 Å². The highest BCUT2D eigenvalue weighted by atomic mass is 32.2. The molecule has 0 bridgehead atoms. The predicted octanol–water partition coefficient (Wildman–Crippen LogP) is -1.83. The van der Waals surface area contributed by atoms with E-state index in [0.29, 0.717) is 33.0 Å². The molecular formula is C30H38N12O12S3. The van der Waals surface area contributed by atoms with E-state index >= 15 is 0 Å². The van der Waals surface area contributed by atoms with Gasteiger partial charge in [-0.3, -0.25) is 24.6 Å². The van der Waals surface area contributed by atoms with Crippen molar-refractivity contribution in [3.8, 4) is 0 Å². The van der Waals surface area contributed by atoms with Gasteiger partial charge in [-0.15, -0.1) is 16.9 Å². The fraction of sp³-hybridized carbons (Fsp3) is 0.467. The van der Waals surface area contributed by atoms with Crippen molar-refractivity contribution in [2.75, 3.05) is 63.4 Å². The molecule has 0 saturated carbocycles. The van der Waals surface area contributed by atoms with Gasteiger partial charge in [0.25, 0.3) is 5.91 Å². The highest BCUT2D eigenvalue weighted by Crippen LogP contribution is 2.41. The standard InChI is InChI=1S/C30H38N12O12S3/c1-38(2)8-10-40-28(35-36-37-40)56-14-16-13-55-24-20(23(44)42(24)21(16)26(47)48)33-22(43)19(34-27(49)39-9-11-41(30(39)51)57(3,52)53)15-4-6-17(7-5-15)32-29(50)54-12-18(31)25(45)46/h4-7,18-20,24H,8-14,31H2,1-3H3,(H,32,50)(H,33,43)(H,34,49)(H,45,46)(H,47,48)/t18-,19-,20-,24+/m1/s1. The minimum atomic E-state index is -4.01. The van der Waals surface area contributed by atoms with E-state index in [1.807, 2.05) is 19.0 Å². The van der Waals surface area contributed by atoms with E-state index in [1.165, 1.54) is 47.8 Å². The molecule has 1 aromatic heterocycles. The number of tetrazole rings is 1. The van der Waals surface area contributed by atoms with Crippen LogP contribution in [0.15, 0.2) is 40.7 Å². The molecule has 3 aliphatic heterocycles. The molecule has 24 nitrogen and oxygen atoms in total. The number of β-lactam (4-membered cyclic amide) rings is 1. The van der Waals surface area contributed by atoms with Crippen molar-refractivity contribution < 1.29 is 56.9 Å². The van der Waals surface area contributed by atoms with Crippen molar-refractivity contribution in [3.63, 3.8) is 0 Å². The third-order valence-corrected chi connectivity index (χ3v) is 12.1. The number of nitrogens with two attached hydrogens (primary N) is 1. The van der Waals surface area contributed by atoms with Crippen LogP contribution in [0, 0.1) is 0 Å². The van der Waals surface area contributed by atoms with Gasteiger partial charge in [0.2, 0.25) is 21.1 Å². The van der Waals surface area contributed by atoms with E-state index in [9.17, 15) is 47.1 Å². The maximum absolute atomic E-state index is 13.9. The number of hydrogen-bond acceptors (Lipinski definition) is 17. The lowest BCUT2D eigenvalue weighted by Gasteiger charge is -2.49. The number of ether oxygens (including phenoxy) is 1. The molecule has 4 heterocycles. The lowest BCUT2D eigenvalue weighted by Crippen LogP contribution is -2.71. The third-order valence-electron chi connectivity index (χ3n) is 8.53. The molecule has 0 spiro atoms. The number of thioether (sulfide) groups is 2. The summed E-state index contributed by atoms with van der Waals surface area (Å²) in [7, 11) is -0.224. The summed E-state index contributed by atoms with van der Waals surface area (Å²) in [5.74, 6) is -4.08. The van der Waals surface area contributed by atoms with Gasteiger partial charge >= 0.3 is 30.1 Å². The Morgan fingerprint density at radius 1 is 1.12 bits per heavy atom. The van der Waals surface area contributed by atoms with E-state index in [2.05, 4.69) is 31.5 Å². The number of imide groups is 1. The zero-order valence-electron chi connectivity index (χ0n) is 30.4. The lowest BCUT2D eigenvalue weighted by molar-refractivity contribution is -0.151. The molecule has 1 aromatic carbocycles. The zero-order chi connectivity index (χ0) is 41.8. The normalized spacial score (nSPS) is 19.1. The summed E-state index contributed by atoms with van der Waals surface area (Å²) in [6.45, 7) is -0.128. The number of sulfonamides is 1. The largest absolute Gasteiger partial charge is 0.480 e. The molecule has 0 aliphatic carbocycles. The number of carbonyl (C=O) groups is 7. The number of benzene rings is 1. The Hall–Kier alpha value is -5.51. The summed E-state index contributed by atoms with van der Waals surface area (Å²) in [6.07, 6.45) is -0.249. The number of amides is 7. The Labute approximate surface area is 332 Å². The number of nitrogens with one attached hydrogen (secondary N) is 3. The molecule has 27 heteroatoms. The van der Waals surface area contributed by atoms with Crippen LogP contribution in [0.25, 0.3) is 0 Å². The number of rotatable bonds is 16. The number of carboxylic acid groups (broad SMARTS) is 2. The van der Waals surface area contributed by atoms with Gasteiger partial charge in [-0.2, -0.15) is 0 Å². The Kier molecular flexibility index (Phi) is 13.3. The van der Waals surface area contributed by atoms with Gasteiger partial charge in [-0.05, 0) is 47.8 Å². The number of aliphatic carboxylic acids is 2. The smallest absolute Gasteiger partial charge is 0.411 e. The predicted molar refractivity (Wildman–Crippen MR) is 199 cm³/mol. The Morgan fingerprint density at radius 3 is 2.44 bits per heavy atom. The summed E-state index contributed by atoms with van der Waals surface area (Å²) in [5, 5.41) is 37.6. The highest BCUT2D eigenvalue weighted by Gasteiger charge is 2.54. The van der Waals surface area contributed by atoms with Crippen molar-refractivity contribution in [2.24, 2.45) is 5.73 Å². The third kappa shape index (κ3) is 9.90. The van der Waals surface area contributed by atoms with Crippen LogP contribution in [0.3, 0.4) is 0 Å². The Balaban J connectivity index is 1.31. The second-order valence-electron chi connectivity index (χ2n) is 12.9. The molecule has 57 heavy (non-hydrogen) atoms. The summed E-state index contributed by atoms with van der Waals surface area (Å²) >= 11 is 2.41. The first-order chi connectivity index (χ1) is 26.9. The molecule has 2 saturated heterocycles. The van der Waals surface area contributed by atoms with Gasteiger partial charge in [-0.25, -0.2) is 41.5 Å². The van der Waals surface area contributed by atoms with Gasteiger partial charge in [0, 0.05) is 23.7 Å². The fourth-order valence-corrected chi connectivity index (χ4v) is 8.77. The summed E-state index contributed by atoms with van der Waals surface area (Å²) < 4.78 is 30.9. The first-order valence-electron chi connectivity index (χ1n) is 16.7. The van der Waals surface area contributed by atoms with Crippen LogP contribution in [0.2, 0.25) is 0 Å². The minimum Gasteiger partial charge on any atom is -0.480 e. The SMILES string of the molecule is CN(C)CCn1nnnc1SCC1=C(C(=O)O)N2C(=O)[C@@H](NC(=O)[C@H](NC(=O)N3CCN(S(C)(=O)=O)C3=O)c3ccc(NC(=O)OC[C@@H](N)C(=O)O)cc3)[C@@H]2SC1. The Morgan fingerprint density at radius 2 is 1.82 bits per heavy atom. The highest BCUT2D eigenvalue weighted by molar-refractivity contribution is 8.01. The van der Waals surface area contributed by atoms with Gasteiger partial charge < -0.3 is 36.2 Å². The molecule has 2 fully saturated rings. The number of carboxylic acids is 2. The van der Waals surface area contributed by atoms with Crippen LogP contribution in [0.4, 0.5) is 20.1 Å². The monoisotopic (exact) mass is 854 g/mol. The number of aromatic nitrogens is 4. The molecule has 308 valence electrons. The second-order valence-corrected chi connectivity index (χ2v) is 16.8. The molecular weight excluding hydrogens is 817 g/mol. The molecule has 3 aliphatic rings. The first-order valence-corrected chi connectivity index (χ1v) is 20.6. The van der Waals surface area contributed by atoms with Gasteiger partial charge in [0.1, 0.15) is 35.8 Å². The molecule has 0 radical (unpaired) electrons. The molecule has 0 unspecified atom stereocenters. The van der Waals surface area contributed by atoms with Gasteiger partial charge in [0.15, 0.2) is 0 Å². The Bertz CT molecular complexity index is 2080. The van der Waals surface area contributed by atoms with Crippen molar-refractivity contribution in [3.05, 3.63) is 41.1 Å². The zero-order valence-corrected chi connectivity index (χ0v) is 32.9. The van der Waals surface area contributed by atoms with Crippen molar-refractivity contribution in [1.29, 1.82) is 0 Å². The number of hydrogen-bond donors (Lipinski definition) is 6. The first kappa shape index (κ1) is 42.6. The second kappa shape index (κ2) is 17.7. The maximum atomic E-state index is 13.9. The van der Waals surface area contributed by atoms with E-state index in [0.717, 1.165) is 11.2 Å². The molecule has 7 amide bonds. The van der Waals surface area contributed by atoms with Gasteiger partial charge in [0.05, 0.1) is 25.9 Å². The fourth-order valence-electron chi connectivity index (χ4n) is 5.58. The van der Waals surface area contributed by atoms with E-state index in [4.69, 9.17) is 15.6 Å². The number of likely N-dealkylation sites (N-methyl/N-ethyl adjacent to an activating group) is 1. The quantitative estimate of drug-likeness (QED) is 0.0799. The summed E-state index contributed by atoms with van der Waals surface area (Å²) in [5.41, 5.74) is 5.72. The summed E-state index contributed by atoms with van der Waals surface area (Å²) in [6, 6.07) is -1.33. The average molecular weight is 855 g/mol. The lowest BCUT2D eigenvalue weighted by atomic mass is 10.0. The van der Waals surface area contributed by atoms with Crippen LogP contribution < -0.4 is 21.7 Å². The van der Waals surface area contributed by atoms with Crippen LogP contribution in [-0.2, 0) is 40.5 Å². The molecule has 4 atom stereocenters. The number of fused-ring (bicyclic) bond motifs is 1. The number of carbonyl (C=O) groups excluding carboxylic acids is 5. The van der Waals surface area contributed by atoms with Crippen LogP contribution in [-0.4, -0.2) is 175 Å². The molecule has 5 rings (SSSR count). The van der Waals surface area contributed by atoms with Crippen molar-refractivity contribution in [1.82, 2.24) is 49.8 Å². The average Bonchev–Trinajstić information content (AvgIpc) is 3.78. The minimum absolute atomic E-state index is 0.0811. The number of anilines is 1. The topological polar surface area (TPSA) is 322 Å². The van der Waals surface area contributed by atoms with Crippen molar-refractivity contribution in [2.45, 2.75) is 35.2 Å².